The summed E-state index contributed by atoms with van der Waals surface area (Å²) in [7, 11) is 6.16. The quantitative estimate of drug-likeness (QED) is 0.635. The van der Waals surface area contributed by atoms with Crippen molar-refractivity contribution >= 4 is 11.5 Å². The molecule has 0 aliphatic heterocycles. The molecule has 0 amide bonds. The summed E-state index contributed by atoms with van der Waals surface area (Å²) < 4.78 is 6.30. The largest absolute Gasteiger partial charge is 0.378 e. The highest BCUT2D eigenvalue weighted by atomic mass is 16.5. The maximum atomic E-state index is 12.2. The average molecular weight is 418 g/mol. The molecule has 31 heavy (non-hydrogen) atoms. The van der Waals surface area contributed by atoms with Gasteiger partial charge in [0.05, 0.1) is 5.60 Å². The van der Waals surface area contributed by atoms with Gasteiger partial charge in [-0.25, -0.2) is 0 Å². The molecule has 1 aromatic rings. The lowest BCUT2D eigenvalue weighted by Gasteiger charge is -2.54. The number of rotatable bonds is 3. The summed E-state index contributed by atoms with van der Waals surface area (Å²) in [6.45, 7) is 2.55. The third kappa shape index (κ3) is 2.59. The van der Waals surface area contributed by atoms with Crippen molar-refractivity contribution in [1.82, 2.24) is 0 Å². The molecule has 0 heterocycles. The molecule has 1 unspecified atom stereocenters. The highest BCUT2D eigenvalue weighted by Crippen LogP contribution is 2.77. The van der Waals surface area contributed by atoms with Crippen LogP contribution in [0, 0.1) is 23.2 Å². The van der Waals surface area contributed by atoms with Crippen LogP contribution in [-0.4, -0.2) is 32.6 Å². The number of fused-ring (bicyclic) bond motifs is 6. The monoisotopic (exact) mass is 417 g/mol. The number of anilines is 1. The van der Waals surface area contributed by atoms with Gasteiger partial charge in [-0.1, -0.05) is 24.6 Å². The molecule has 5 aliphatic carbocycles. The van der Waals surface area contributed by atoms with E-state index in [-0.39, 0.29) is 11.0 Å². The normalized spacial score (nSPS) is 40.5. The van der Waals surface area contributed by atoms with E-state index in [1.54, 1.807) is 11.1 Å². The molecule has 0 saturated heterocycles. The van der Waals surface area contributed by atoms with E-state index in [2.05, 4.69) is 50.2 Å². The van der Waals surface area contributed by atoms with E-state index >= 15 is 0 Å². The van der Waals surface area contributed by atoms with Crippen LogP contribution in [0.5, 0.6) is 0 Å². The van der Waals surface area contributed by atoms with Crippen molar-refractivity contribution in [3.63, 3.8) is 0 Å². The number of benzene rings is 1. The van der Waals surface area contributed by atoms with Crippen molar-refractivity contribution in [3.05, 3.63) is 52.6 Å². The van der Waals surface area contributed by atoms with Crippen LogP contribution in [0.3, 0.4) is 0 Å². The lowest BCUT2D eigenvalue weighted by Crippen LogP contribution is -2.48. The first-order chi connectivity index (χ1) is 14.9. The Morgan fingerprint density at radius 3 is 2.55 bits per heavy atom. The smallest absolute Gasteiger partial charge is 0.156 e. The number of ether oxygens (including phenoxy) is 1. The van der Waals surface area contributed by atoms with Crippen LogP contribution in [0.4, 0.5) is 5.69 Å². The summed E-state index contributed by atoms with van der Waals surface area (Å²) >= 11 is 0. The van der Waals surface area contributed by atoms with Gasteiger partial charge in [0.2, 0.25) is 0 Å². The summed E-state index contributed by atoms with van der Waals surface area (Å²) in [6.07, 6.45) is 9.66. The minimum atomic E-state index is 0.105. The number of carbonyl (C=O) groups excluding carboxylic acids is 1. The van der Waals surface area contributed by atoms with E-state index in [0.717, 1.165) is 24.7 Å². The van der Waals surface area contributed by atoms with E-state index in [1.807, 2.05) is 13.2 Å². The molecule has 6 rings (SSSR count). The second-order valence-corrected chi connectivity index (χ2v) is 11.2. The van der Waals surface area contributed by atoms with Crippen molar-refractivity contribution in [2.45, 2.75) is 63.4 Å². The van der Waals surface area contributed by atoms with Crippen LogP contribution >= 0.6 is 0 Å². The van der Waals surface area contributed by atoms with Crippen molar-refractivity contribution in [2.75, 3.05) is 26.1 Å². The van der Waals surface area contributed by atoms with Gasteiger partial charge in [0.15, 0.2) is 5.78 Å². The highest BCUT2D eigenvalue weighted by Gasteiger charge is 2.75. The maximum Gasteiger partial charge on any atom is 0.156 e. The standard InChI is InChI=1S/C28H35NO2/c1-27-16-24(17-5-8-20(9-6-17)29(2)3)26-22-12-10-21(30)13-18(22)7-11-23(26)25(27)14-19-15-28(19,27)31-4/h5-6,8-9,13,19,23-25H,7,10-12,14-16H2,1-4H3/t19-,23-,24+,25-,27-,28?/m0/s1. The van der Waals surface area contributed by atoms with Gasteiger partial charge < -0.3 is 9.64 Å². The first-order valence-corrected chi connectivity index (χ1v) is 12.2. The Hall–Kier alpha value is -1.87. The Labute approximate surface area is 186 Å². The van der Waals surface area contributed by atoms with Gasteiger partial charge in [0.25, 0.3) is 0 Å². The summed E-state index contributed by atoms with van der Waals surface area (Å²) in [5, 5.41) is 0. The third-order valence-electron chi connectivity index (χ3n) is 9.85. The van der Waals surface area contributed by atoms with E-state index in [9.17, 15) is 4.79 Å². The minimum absolute atomic E-state index is 0.105. The molecular formula is C28H35NO2. The van der Waals surface area contributed by atoms with E-state index in [0.29, 0.717) is 24.0 Å². The zero-order valence-electron chi connectivity index (χ0n) is 19.4. The van der Waals surface area contributed by atoms with Crippen LogP contribution in [0.15, 0.2) is 47.1 Å². The van der Waals surface area contributed by atoms with Gasteiger partial charge in [-0.05, 0) is 91.2 Å². The van der Waals surface area contributed by atoms with E-state index in [1.165, 1.54) is 42.5 Å². The van der Waals surface area contributed by atoms with Crippen molar-refractivity contribution < 1.29 is 9.53 Å². The molecule has 6 atom stereocenters. The van der Waals surface area contributed by atoms with E-state index in [4.69, 9.17) is 4.74 Å². The molecule has 0 radical (unpaired) electrons. The summed E-state index contributed by atoms with van der Waals surface area (Å²) in [6, 6.07) is 9.27. The number of ketones is 1. The highest BCUT2D eigenvalue weighted by molar-refractivity contribution is 5.93. The average Bonchev–Trinajstić information content (AvgIpc) is 3.44. The third-order valence-corrected chi connectivity index (χ3v) is 9.85. The molecule has 5 aliphatic rings. The van der Waals surface area contributed by atoms with E-state index < -0.39 is 0 Å². The topological polar surface area (TPSA) is 29.5 Å². The molecule has 1 aromatic carbocycles. The lowest BCUT2D eigenvalue weighted by molar-refractivity contribution is -0.114. The van der Waals surface area contributed by atoms with Gasteiger partial charge in [0.1, 0.15) is 0 Å². The first kappa shape index (κ1) is 19.8. The first-order valence-electron chi connectivity index (χ1n) is 12.2. The summed E-state index contributed by atoms with van der Waals surface area (Å²) in [5.74, 6) is 2.90. The second kappa shape index (κ2) is 6.57. The van der Waals surface area contributed by atoms with Gasteiger partial charge in [-0.3, -0.25) is 4.79 Å². The Balaban J connectivity index is 1.50. The fourth-order valence-electron chi connectivity index (χ4n) is 8.30. The Morgan fingerprint density at radius 1 is 1.06 bits per heavy atom. The second-order valence-electron chi connectivity index (χ2n) is 11.2. The van der Waals surface area contributed by atoms with Gasteiger partial charge >= 0.3 is 0 Å². The maximum absolute atomic E-state index is 12.2. The van der Waals surface area contributed by atoms with Crippen LogP contribution in [0.1, 0.15) is 63.4 Å². The number of hydrogen-bond donors (Lipinski definition) is 0. The fourth-order valence-corrected chi connectivity index (χ4v) is 8.30. The molecule has 3 saturated carbocycles. The molecular weight excluding hydrogens is 382 g/mol. The van der Waals surface area contributed by atoms with Gasteiger partial charge in [0, 0.05) is 44.6 Å². The molecule has 0 N–H and O–H groups in total. The zero-order valence-corrected chi connectivity index (χ0v) is 19.4. The molecule has 0 spiro atoms. The number of methoxy groups -OCH3 is 1. The molecule has 0 bridgehead atoms. The van der Waals surface area contributed by atoms with Crippen molar-refractivity contribution in [2.24, 2.45) is 23.2 Å². The van der Waals surface area contributed by atoms with Crippen LogP contribution in [0.25, 0.3) is 0 Å². The Morgan fingerprint density at radius 2 is 1.84 bits per heavy atom. The van der Waals surface area contributed by atoms with Crippen LogP contribution in [-0.2, 0) is 9.53 Å². The van der Waals surface area contributed by atoms with Crippen molar-refractivity contribution in [1.29, 1.82) is 0 Å². The molecule has 3 heteroatoms. The Bertz CT molecular complexity index is 998. The Kier molecular flexibility index (Phi) is 4.19. The summed E-state index contributed by atoms with van der Waals surface area (Å²) in [5.41, 5.74) is 7.65. The predicted molar refractivity (Wildman–Crippen MR) is 124 cm³/mol. The summed E-state index contributed by atoms with van der Waals surface area (Å²) in [4.78, 5) is 14.3. The molecule has 3 fully saturated rings. The predicted octanol–water partition coefficient (Wildman–Crippen LogP) is 5.67. The van der Waals surface area contributed by atoms with Gasteiger partial charge in [-0.2, -0.15) is 0 Å². The number of carbonyl (C=O) groups is 1. The fraction of sp³-hybridized carbons (Fsp3) is 0.607. The van der Waals surface area contributed by atoms with Gasteiger partial charge in [-0.15, -0.1) is 0 Å². The van der Waals surface area contributed by atoms with Crippen LogP contribution in [0.2, 0.25) is 0 Å². The molecule has 164 valence electrons. The minimum Gasteiger partial charge on any atom is -0.378 e. The van der Waals surface area contributed by atoms with Crippen molar-refractivity contribution in [3.8, 4) is 0 Å². The zero-order chi connectivity index (χ0) is 21.5. The SMILES string of the molecule is COC12C[C@@H]1C[C@H]1[C@@H]3CCC4=CC(=O)CCC4=C3[C@@H](c3ccc(N(C)C)cc3)C[C@@]12C. The molecule has 0 aromatic heterocycles. The number of hydrogen-bond acceptors (Lipinski definition) is 3. The number of nitrogens with zero attached hydrogens (tertiary/aromatic N) is 1. The molecule has 3 nitrogen and oxygen atoms in total. The number of allylic oxidation sites excluding steroid dienone is 4. The van der Waals surface area contributed by atoms with Crippen LogP contribution < -0.4 is 4.90 Å². The lowest BCUT2D eigenvalue weighted by atomic mass is 9.51.